The second-order valence-electron chi connectivity index (χ2n) is 6.30. The van der Waals surface area contributed by atoms with Gasteiger partial charge in [0.2, 0.25) is 6.79 Å². The van der Waals surface area contributed by atoms with Gasteiger partial charge in [0.25, 0.3) is 5.91 Å². The predicted molar refractivity (Wildman–Crippen MR) is 90.5 cm³/mol. The van der Waals surface area contributed by atoms with Crippen molar-refractivity contribution in [2.45, 2.75) is 13.5 Å². The van der Waals surface area contributed by atoms with Crippen LogP contribution < -0.4 is 14.8 Å². The van der Waals surface area contributed by atoms with Crippen LogP contribution in [0.25, 0.3) is 22.0 Å². The number of rotatable bonds is 1. The van der Waals surface area contributed by atoms with E-state index in [1.54, 1.807) is 0 Å². The number of carbonyl (C=O) groups excluding carboxylic acids is 1. The molecule has 5 nitrogen and oxygen atoms in total. The first-order valence-corrected chi connectivity index (χ1v) is 8.14. The SMILES string of the molecule is Cc1c2n(c3c(-c4ccc5c(c4)OCO5)cc(F)cc13)CCNC2=O. The number of hydrogen-bond donors (Lipinski definition) is 1. The molecule has 3 heterocycles. The molecule has 0 saturated carbocycles. The molecule has 0 unspecified atom stereocenters. The molecule has 6 heteroatoms. The van der Waals surface area contributed by atoms with Crippen LogP contribution in [0.3, 0.4) is 0 Å². The lowest BCUT2D eigenvalue weighted by molar-refractivity contribution is 0.0928. The fourth-order valence-corrected chi connectivity index (χ4v) is 3.78. The van der Waals surface area contributed by atoms with E-state index in [9.17, 15) is 9.18 Å². The molecule has 0 fully saturated rings. The van der Waals surface area contributed by atoms with Gasteiger partial charge in [-0.25, -0.2) is 4.39 Å². The number of hydrogen-bond acceptors (Lipinski definition) is 3. The quantitative estimate of drug-likeness (QED) is 0.741. The highest BCUT2D eigenvalue weighted by molar-refractivity contribution is 6.06. The zero-order chi connectivity index (χ0) is 17.1. The normalized spacial score (nSPS) is 15.4. The molecule has 0 radical (unpaired) electrons. The topological polar surface area (TPSA) is 52.5 Å². The minimum absolute atomic E-state index is 0.114. The van der Waals surface area contributed by atoms with Gasteiger partial charge >= 0.3 is 0 Å². The molecule has 0 bridgehead atoms. The Bertz CT molecular complexity index is 1050. The van der Waals surface area contributed by atoms with Crippen LogP contribution >= 0.6 is 0 Å². The summed E-state index contributed by atoms with van der Waals surface area (Å²) >= 11 is 0. The molecule has 25 heavy (non-hydrogen) atoms. The summed E-state index contributed by atoms with van der Waals surface area (Å²) in [5.74, 6) is 0.891. The fraction of sp³-hybridized carbons (Fsp3) is 0.211. The number of aromatic nitrogens is 1. The van der Waals surface area contributed by atoms with Gasteiger partial charge in [-0.3, -0.25) is 4.79 Å². The minimum Gasteiger partial charge on any atom is -0.454 e. The summed E-state index contributed by atoms with van der Waals surface area (Å²) < 4.78 is 27.1. The monoisotopic (exact) mass is 338 g/mol. The summed E-state index contributed by atoms with van der Waals surface area (Å²) in [7, 11) is 0. The lowest BCUT2D eigenvalue weighted by Crippen LogP contribution is -2.35. The smallest absolute Gasteiger partial charge is 0.268 e. The maximum absolute atomic E-state index is 14.3. The Morgan fingerprint density at radius 1 is 1.16 bits per heavy atom. The van der Waals surface area contributed by atoms with E-state index in [0.29, 0.717) is 30.3 Å². The summed E-state index contributed by atoms with van der Waals surface area (Å²) in [4.78, 5) is 12.3. The van der Waals surface area contributed by atoms with Crippen molar-refractivity contribution in [2.24, 2.45) is 0 Å². The molecule has 2 aliphatic heterocycles. The highest BCUT2D eigenvalue weighted by Gasteiger charge is 2.26. The molecule has 3 aromatic rings. The molecule has 1 N–H and O–H groups in total. The molecule has 0 atom stereocenters. The van der Waals surface area contributed by atoms with Crippen LogP contribution in [0.2, 0.25) is 0 Å². The molecule has 0 saturated heterocycles. The van der Waals surface area contributed by atoms with Crippen molar-refractivity contribution < 1.29 is 18.7 Å². The molecule has 2 aliphatic rings. The van der Waals surface area contributed by atoms with Gasteiger partial charge < -0.3 is 19.4 Å². The summed E-state index contributed by atoms with van der Waals surface area (Å²) in [6.07, 6.45) is 0. The van der Waals surface area contributed by atoms with Gasteiger partial charge in [0.15, 0.2) is 11.5 Å². The molecule has 5 rings (SSSR count). The van der Waals surface area contributed by atoms with Crippen molar-refractivity contribution in [3.63, 3.8) is 0 Å². The van der Waals surface area contributed by atoms with Gasteiger partial charge in [0.05, 0.1) is 5.52 Å². The minimum atomic E-state index is -0.327. The number of aryl methyl sites for hydroxylation is 1. The average Bonchev–Trinajstić information content (AvgIpc) is 3.18. The molecule has 2 aromatic carbocycles. The van der Waals surface area contributed by atoms with E-state index in [1.807, 2.05) is 29.7 Å². The number of amides is 1. The summed E-state index contributed by atoms with van der Waals surface area (Å²) in [6.45, 7) is 3.28. The Morgan fingerprint density at radius 3 is 2.88 bits per heavy atom. The first kappa shape index (κ1) is 14.3. The highest BCUT2D eigenvalue weighted by atomic mass is 19.1. The zero-order valence-electron chi connectivity index (χ0n) is 13.6. The Kier molecular flexibility index (Phi) is 2.86. The molecular weight excluding hydrogens is 323 g/mol. The standard InChI is InChI=1S/C19H15FN2O3/c1-10-13-7-12(20)8-14(11-2-3-15-16(6-11)25-9-24-15)18(13)22-5-4-21-19(23)17(10)22/h2-3,6-8H,4-5,9H2,1H3,(H,21,23). The average molecular weight is 338 g/mol. The number of nitrogens with one attached hydrogen (secondary N) is 1. The zero-order valence-corrected chi connectivity index (χ0v) is 13.6. The van der Waals surface area contributed by atoms with E-state index in [2.05, 4.69) is 5.32 Å². The van der Waals surface area contributed by atoms with Crippen LogP contribution in [0, 0.1) is 12.7 Å². The molecule has 0 aliphatic carbocycles. The first-order valence-electron chi connectivity index (χ1n) is 8.14. The van der Waals surface area contributed by atoms with Crippen molar-refractivity contribution in [1.29, 1.82) is 0 Å². The van der Waals surface area contributed by atoms with Crippen LogP contribution in [0.1, 0.15) is 16.1 Å². The maximum Gasteiger partial charge on any atom is 0.268 e. The Labute approximate surface area is 143 Å². The molecular formula is C19H15FN2O3. The number of halogens is 1. The summed E-state index contributed by atoms with van der Waals surface area (Å²) in [5, 5.41) is 3.62. The summed E-state index contributed by atoms with van der Waals surface area (Å²) in [6, 6.07) is 8.58. The first-order chi connectivity index (χ1) is 12.1. The molecule has 1 aromatic heterocycles. The Hall–Kier alpha value is -3.02. The number of ether oxygens (including phenoxy) is 2. The lowest BCUT2D eigenvalue weighted by Gasteiger charge is -2.18. The lowest BCUT2D eigenvalue weighted by atomic mass is 10.0. The van der Waals surface area contributed by atoms with E-state index in [-0.39, 0.29) is 18.5 Å². The largest absolute Gasteiger partial charge is 0.454 e. The predicted octanol–water partition coefficient (Wildman–Crippen LogP) is 3.23. The maximum atomic E-state index is 14.3. The Balaban J connectivity index is 1.84. The van der Waals surface area contributed by atoms with Crippen molar-refractivity contribution in [3.8, 4) is 22.6 Å². The number of nitrogens with zero attached hydrogens (tertiary/aromatic N) is 1. The fourth-order valence-electron chi connectivity index (χ4n) is 3.78. The van der Waals surface area contributed by atoms with Gasteiger partial charge in [0.1, 0.15) is 11.5 Å². The third-order valence-electron chi connectivity index (χ3n) is 4.89. The van der Waals surface area contributed by atoms with Crippen LogP contribution in [0.15, 0.2) is 30.3 Å². The number of benzene rings is 2. The van der Waals surface area contributed by atoms with Gasteiger partial charge in [-0.05, 0) is 42.3 Å². The van der Waals surface area contributed by atoms with Crippen molar-refractivity contribution in [1.82, 2.24) is 9.88 Å². The van der Waals surface area contributed by atoms with Gasteiger partial charge in [-0.2, -0.15) is 0 Å². The van der Waals surface area contributed by atoms with Gasteiger partial charge in [-0.15, -0.1) is 0 Å². The second kappa shape index (κ2) is 4.99. The van der Waals surface area contributed by atoms with Crippen molar-refractivity contribution in [3.05, 3.63) is 47.4 Å². The number of fused-ring (bicyclic) bond motifs is 4. The third-order valence-corrected chi connectivity index (χ3v) is 4.89. The van der Waals surface area contributed by atoms with Crippen molar-refractivity contribution >= 4 is 16.8 Å². The van der Waals surface area contributed by atoms with Gasteiger partial charge in [0, 0.05) is 24.0 Å². The van der Waals surface area contributed by atoms with Crippen LogP contribution in [-0.4, -0.2) is 23.8 Å². The molecule has 0 spiro atoms. The van der Waals surface area contributed by atoms with E-state index in [4.69, 9.17) is 9.47 Å². The van der Waals surface area contributed by atoms with Gasteiger partial charge in [-0.1, -0.05) is 6.07 Å². The third kappa shape index (κ3) is 1.97. The van der Waals surface area contributed by atoms with E-state index >= 15 is 0 Å². The van der Waals surface area contributed by atoms with Crippen LogP contribution in [-0.2, 0) is 6.54 Å². The van der Waals surface area contributed by atoms with Crippen molar-refractivity contribution in [2.75, 3.05) is 13.3 Å². The summed E-state index contributed by atoms with van der Waals surface area (Å²) in [5.41, 5.74) is 3.86. The van der Waals surface area contributed by atoms with Crippen LogP contribution in [0.4, 0.5) is 4.39 Å². The van der Waals surface area contributed by atoms with E-state index in [1.165, 1.54) is 12.1 Å². The van der Waals surface area contributed by atoms with E-state index < -0.39 is 0 Å². The second-order valence-corrected chi connectivity index (χ2v) is 6.30. The Morgan fingerprint density at radius 2 is 2.00 bits per heavy atom. The van der Waals surface area contributed by atoms with E-state index in [0.717, 1.165) is 27.6 Å². The molecule has 126 valence electrons. The highest BCUT2D eigenvalue weighted by Crippen LogP contribution is 2.40. The number of carbonyl (C=O) groups is 1. The molecule has 1 amide bonds. The van der Waals surface area contributed by atoms with Crippen LogP contribution in [0.5, 0.6) is 11.5 Å².